The van der Waals surface area contributed by atoms with Crippen molar-refractivity contribution < 1.29 is 37.7 Å². The van der Waals surface area contributed by atoms with E-state index in [1.165, 1.54) is 39.7 Å². The zero-order valence-electron chi connectivity index (χ0n) is 16.3. The highest BCUT2D eigenvalue weighted by molar-refractivity contribution is 5.97. The van der Waals surface area contributed by atoms with Crippen molar-refractivity contribution in [2.24, 2.45) is 0 Å². The molecule has 0 aliphatic carbocycles. The molecule has 0 bridgehead atoms. The Morgan fingerprint density at radius 3 is 2.24 bits per heavy atom. The summed E-state index contributed by atoms with van der Waals surface area (Å²) in [5.74, 6) is -0.303. The molecule has 0 radical (unpaired) electrons. The highest BCUT2D eigenvalue weighted by atomic mass is 16.5. The summed E-state index contributed by atoms with van der Waals surface area (Å²) in [6, 6.07) is 6.29. The topological polar surface area (TPSA) is 125 Å². The highest BCUT2D eigenvalue weighted by Gasteiger charge is 2.18. The van der Waals surface area contributed by atoms with Crippen LogP contribution in [-0.2, 0) is 20.9 Å². The molecule has 10 heteroatoms. The van der Waals surface area contributed by atoms with Gasteiger partial charge in [-0.3, -0.25) is 14.4 Å². The zero-order valence-corrected chi connectivity index (χ0v) is 16.3. The molecule has 0 saturated heterocycles. The van der Waals surface area contributed by atoms with Crippen molar-refractivity contribution in [3.8, 4) is 17.2 Å². The maximum atomic E-state index is 12.3. The third kappa shape index (κ3) is 6.16. The molecule has 0 aliphatic heterocycles. The predicted octanol–water partition coefficient (Wildman–Crippen LogP) is 0.895. The van der Waals surface area contributed by atoms with E-state index in [1.54, 1.807) is 12.1 Å². The molecule has 2 amide bonds. The van der Waals surface area contributed by atoms with Crippen LogP contribution in [0.5, 0.6) is 17.2 Å². The van der Waals surface area contributed by atoms with Gasteiger partial charge in [-0.25, -0.2) is 0 Å². The number of benzene rings is 1. The van der Waals surface area contributed by atoms with E-state index in [4.69, 9.17) is 23.4 Å². The summed E-state index contributed by atoms with van der Waals surface area (Å²) in [5.41, 5.74) is 0.198. The molecule has 156 valence electrons. The maximum absolute atomic E-state index is 12.3. The Kier molecular flexibility index (Phi) is 7.89. The largest absolute Gasteiger partial charge is 0.493 e. The lowest BCUT2D eigenvalue weighted by Crippen LogP contribution is -2.33. The lowest BCUT2D eigenvalue weighted by molar-refractivity contribution is -0.147. The summed E-state index contributed by atoms with van der Waals surface area (Å²) in [6.07, 6.45) is 1.48. The normalized spacial score (nSPS) is 10.0. The summed E-state index contributed by atoms with van der Waals surface area (Å²) in [4.78, 5) is 35.7. The number of esters is 1. The van der Waals surface area contributed by atoms with Gasteiger partial charge in [0.05, 0.1) is 34.1 Å². The second kappa shape index (κ2) is 10.6. The number of amides is 2. The number of carbonyl (C=O) groups excluding carboxylic acids is 3. The SMILES string of the molecule is COc1cc(C(=O)NCC(=O)OCC(=O)NCc2ccco2)cc(OC)c1OC. The molecule has 1 aromatic carbocycles. The quantitative estimate of drug-likeness (QED) is 0.558. The predicted molar refractivity (Wildman–Crippen MR) is 99.9 cm³/mol. The summed E-state index contributed by atoms with van der Waals surface area (Å²) in [6.45, 7) is -0.707. The van der Waals surface area contributed by atoms with Gasteiger partial charge in [0.15, 0.2) is 18.1 Å². The number of nitrogens with one attached hydrogen (secondary N) is 2. The Morgan fingerprint density at radius 2 is 1.69 bits per heavy atom. The average Bonchev–Trinajstić information content (AvgIpc) is 3.26. The fourth-order valence-corrected chi connectivity index (χ4v) is 2.31. The molecule has 2 rings (SSSR count). The van der Waals surface area contributed by atoms with Gasteiger partial charge in [-0.05, 0) is 24.3 Å². The van der Waals surface area contributed by atoms with E-state index in [0.29, 0.717) is 23.0 Å². The molecule has 0 saturated carbocycles. The Bertz CT molecular complexity index is 823. The Balaban J connectivity index is 1.82. The first-order valence-electron chi connectivity index (χ1n) is 8.51. The van der Waals surface area contributed by atoms with Crippen molar-refractivity contribution in [2.45, 2.75) is 6.54 Å². The standard InChI is InChI=1S/C19H22N2O8/c1-25-14-7-12(8-15(26-2)18(14)27-3)19(24)21-10-17(23)29-11-16(22)20-9-13-5-4-6-28-13/h4-8H,9-11H2,1-3H3,(H,20,22)(H,21,24). The lowest BCUT2D eigenvalue weighted by Gasteiger charge is -2.14. The minimum Gasteiger partial charge on any atom is -0.493 e. The molecule has 10 nitrogen and oxygen atoms in total. The second-order valence-corrected chi connectivity index (χ2v) is 5.61. The van der Waals surface area contributed by atoms with Crippen molar-refractivity contribution in [1.29, 1.82) is 0 Å². The zero-order chi connectivity index (χ0) is 21.2. The summed E-state index contributed by atoms with van der Waals surface area (Å²) in [5, 5.41) is 4.94. The van der Waals surface area contributed by atoms with Crippen LogP contribution in [0, 0.1) is 0 Å². The Labute approximate surface area is 167 Å². The number of rotatable bonds is 10. The van der Waals surface area contributed by atoms with Crippen molar-refractivity contribution in [2.75, 3.05) is 34.5 Å². The number of furan rings is 1. The molecule has 29 heavy (non-hydrogen) atoms. The van der Waals surface area contributed by atoms with Gasteiger partial charge in [0, 0.05) is 5.56 Å². The number of ether oxygens (including phenoxy) is 4. The molecule has 2 aromatic rings. The van der Waals surface area contributed by atoms with Gasteiger partial charge in [-0.1, -0.05) is 0 Å². The van der Waals surface area contributed by atoms with E-state index in [0.717, 1.165) is 0 Å². The van der Waals surface area contributed by atoms with Gasteiger partial charge in [-0.2, -0.15) is 0 Å². The summed E-state index contributed by atoms with van der Waals surface area (Å²) < 4.78 is 25.4. The fraction of sp³-hybridized carbons (Fsp3) is 0.316. The number of methoxy groups -OCH3 is 3. The van der Waals surface area contributed by atoms with Gasteiger partial charge in [-0.15, -0.1) is 0 Å². The Hall–Kier alpha value is -3.69. The molecule has 1 heterocycles. The molecule has 1 aromatic heterocycles. The number of hydrogen-bond donors (Lipinski definition) is 2. The van der Waals surface area contributed by atoms with Gasteiger partial charge in [0.25, 0.3) is 11.8 Å². The van der Waals surface area contributed by atoms with Crippen LogP contribution < -0.4 is 24.8 Å². The van der Waals surface area contributed by atoms with Gasteiger partial charge >= 0.3 is 5.97 Å². The van der Waals surface area contributed by atoms with E-state index in [-0.39, 0.29) is 12.1 Å². The van der Waals surface area contributed by atoms with Crippen molar-refractivity contribution >= 4 is 17.8 Å². The Morgan fingerprint density at radius 1 is 1.00 bits per heavy atom. The van der Waals surface area contributed by atoms with E-state index in [9.17, 15) is 14.4 Å². The van der Waals surface area contributed by atoms with Gasteiger partial charge < -0.3 is 34.0 Å². The van der Waals surface area contributed by atoms with Crippen LogP contribution in [0.1, 0.15) is 16.1 Å². The highest BCUT2D eigenvalue weighted by Crippen LogP contribution is 2.38. The van der Waals surface area contributed by atoms with Crippen LogP contribution in [0.2, 0.25) is 0 Å². The molecule has 2 N–H and O–H groups in total. The van der Waals surface area contributed by atoms with Crippen LogP contribution >= 0.6 is 0 Å². The molecule has 0 atom stereocenters. The van der Waals surface area contributed by atoms with Crippen LogP contribution in [-0.4, -0.2) is 52.3 Å². The summed E-state index contributed by atoms with van der Waals surface area (Å²) in [7, 11) is 4.29. The van der Waals surface area contributed by atoms with Crippen LogP contribution in [0.3, 0.4) is 0 Å². The average molecular weight is 406 g/mol. The van der Waals surface area contributed by atoms with Crippen LogP contribution in [0.25, 0.3) is 0 Å². The van der Waals surface area contributed by atoms with Crippen LogP contribution in [0.4, 0.5) is 0 Å². The second-order valence-electron chi connectivity index (χ2n) is 5.61. The van der Waals surface area contributed by atoms with Crippen molar-refractivity contribution in [3.63, 3.8) is 0 Å². The maximum Gasteiger partial charge on any atom is 0.325 e. The molecule has 0 unspecified atom stereocenters. The fourth-order valence-electron chi connectivity index (χ4n) is 2.31. The first-order chi connectivity index (χ1) is 14.0. The molecular formula is C19H22N2O8. The van der Waals surface area contributed by atoms with Crippen LogP contribution in [0.15, 0.2) is 34.9 Å². The monoisotopic (exact) mass is 406 g/mol. The van der Waals surface area contributed by atoms with Gasteiger partial charge in [0.1, 0.15) is 12.3 Å². The molecule has 0 fully saturated rings. The van der Waals surface area contributed by atoms with Gasteiger partial charge in [0.2, 0.25) is 5.75 Å². The third-order valence-corrected chi connectivity index (χ3v) is 3.72. The number of hydrogen-bond acceptors (Lipinski definition) is 8. The first-order valence-corrected chi connectivity index (χ1v) is 8.51. The lowest BCUT2D eigenvalue weighted by atomic mass is 10.1. The molecule has 0 aliphatic rings. The van der Waals surface area contributed by atoms with Crippen molar-refractivity contribution in [3.05, 3.63) is 41.9 Å². The summed E-state index contributed by atoms with van der Waals surface area (Å²) >= 11 is 0. The molecular weight excluding hydrogens is 384 g/mol. The minimum atomic E-state index is -0.765. The molecule has 0 spiro atoms. The minimum absolute atomic E-state index is 0.182. The third-order valence-electron chi connectivity index (χ3n) is 3.72. The number of carbonyl (C=O) groups is 3. The van der Waals surface area contributed by atoms with E-state index >= 15 is 0 Å². The van der Waals surface area contributed by atoms with E-state index in [2.05, 4.69) is 10.6 Å². The van der Waals surface area contributed by atoms with E-state index < -0.39 is 30.9 Å². The van der Waals surface area contributed by atoms with Crippen molar-refractivity contribution in [1.82, 2.24) is 10.6 Å². The van der Waals surface area contributed by atoms with E-state index in [1.807, 2.05) is 0 Å². The first kappa shape index (κ1) is 21.6. The smallest absolute Gasteiger partial charge is 0.325 e.